The predicted octanol–water partition coefficient (Wildman–Crippen LogP) is 1.86. The van der Waals surface area contributed by atoms with Crippen LogP contribution in [0.2, 0.25) is 0 Å². The van der Waals surface area contributed by atoms with Crippen LogP contribution in [0, 0.1) is 0 Å². The molecule has 0 radical (unpaired) electrons. The summed E-state index contributed by atoms with van der Waals surface area (Å²) in [6.45, 7) is 2.91. The molecule has 0 N–H and O–H groups in total. The second-order valence-electron chi connectivity index (χ2n) is 4.93. The molecule has 0 unspecified atom stereocenters. The number of nitrogens with zero attached hydrogens (tertiary/aromatic N) is 3. The van der Waals surface area contributed by atoms with Crippen molar-refractivity contribution >= 4 is 5.97 Å². The third-order valence-electron chi connectivity index (χ3n) is 3.25. The topological polar surface area (TPSA) is 81.6 Å². The number of carbonyl (C=O) groups is 1. The fraction of sp³-hybridized carbons (Fsp3) is 0.500. The molecule has 3 rings (SSSR count). The van der Waals surface area contributed by atoms with Crippen LogP contribution in [-0.4, -0.2) is 40.2 Å². The molecule has 1 fully saturated rings. The zero-order chi connectivity index (χ0) is 14.7. The van der Waals surface area contributed by atoms with E-state index in [2.05, 4.69) is 10.1 Å². The lowest BCUT2D eigenvalue weighted by Gasteiger charge is -2.18. The molecule has 0 aromatic carbocycles. The van der Waals surface area contributed by atoms with Crippen molar-refractivity contribution in [2.24, 2.45) is 0 Å². The van der Waals surface area contributed by atoms with Gasteiger partial charge in [0.1, 0.15) is 0 Å². The van der Waals surface area contributed by atoms with Crippen LogP contribution in [0.25, 0.3) is 11.7 Å². The molecule has 21 heavy (non-hydrogen) atoms. The molecule has 1 aliphatic rings. The average Bonchev–Trinajstić information content (AvgIpc) is 2.98. The largest absolute Gasteiger partial charge is 0.465 e. The van der Waals surface area contributed by atoms with Gasteiger partial charge in [-0.15, -0.1) is 0 Å². The van der Waals surface area contributed by atoms with Crippen LogP contribution in [0.1, 0.15) is 25.6 Å². The molecular formula is C14H17N3O4. The van der Waals surface area contributed by atoms with Crippen molar-refractivity contribution < 1.29 is 18.5 Å². The number of aromatic nitrogens is 2. The monoisotopic (exact) mass is 291 g/mol. The van der Waals surface area contributed by atoms with Gasteiger partial charge in [0.15, 0.2) is 11.6 Å². The maximum atomic E-state index is 11.6. The van der Waals surface area contributed by atoms with Crippen LogP contribution in [0.3, 0.4) is 0 Å². The fourth-order valence-corrected chi connectivity index (χ4v) is 2.13. The van der Waals surface area contributed by atoms with E-state index in [9.17, 15) is 4.79 Å². The first-order valence-corrected chi connectivity index (χ1v) is 7.02. The SMILES string of the molecule is CCOC(=O)CN(Cc1noc(-c2ccco2)n1)C1CC1. The Bertz CT molecular complexity index is 589. The molecule has 1 saturated carbocycles. The highest BCUT2D eigenvalue weighted by atomic mass is 16.5. The van der Waals surface area contributed by atoms with Gasteiger partial charge in [-0.1, -0.05) is 5.16 Å². The Morgan fingerprint density at radius 3 is 3.05 bits per heavy atom. The number of ether oxygens (including phenoxy) is 1. The van der Waals surface area contributed by atoms with Gasteiger partial charge >= 0.3 is 5.97 Å². The lowest BCUT2D eigenvalue weighted by atomic mass is 10.4. The molecule has 112 valence electrons. The summed E-state index contributed by atoms with van der Waals surface area (Å²) in [6.07, 6.45) is 3.72. The van der Waals surface area contributed by atoms with E-state index in [1.807, 2.05) is 4.90 Å². The quantitative estimate of drug-likeness (QED) is 0.720. The van der Waals surface area contributed by atoms with E-state index in [1.165, 1.54) is 0 Å². The van der Waals surface area contributed by atoms with Gasteiger partial charge in [-0.25, -0.2) is 0 Å². The molecule has 0 bridgehead atoms. The Morgan fingerprint density at radius 2 is 2.38 bits per heavy atom. The van der Waals surface area contributed by atoms with Crippen molar-refractivity contribution in [3.05, 3.63) is 24.2 Å². The summed E-state index contributed by atoms with van der Waals surface area (Å²) in [5, 5.41) is 3.94. The molecule has 0 saturated heterocycles. The highest BCUT2D eigenvalue weighted by Crippen LogP contribution is 2.28. The van der Waals surface area contributed by atoms with Gasteiger partial charge in [-0.2, -0.15) is 4.98 Å². The van der Waals surface area contributed by atoms with E-state index in [1.54, 1.807) is 25.3 Å². The minimum absolute atomic E-state index is 0.223. The number of hydrogen-bond acceptors (Lipinski definition) is 7. The molecule has 7 nitrogen and oxygen atoms in total. The van der Waals surface area contributed by atoms with Crippen molar-refractivity contribution in [1.29, 1.82) is 0 Å². The summed E-state index contributed by atoms with van der Waals surface area (Å²) in [6, 6.07) is 3.92. The second-order valence-corrected chi connectivity index (χ2v) is 4.93. The van der Waals surface area contributed by atoms with Crippen LogP contribution in [0.15, 0.2) is 27.3 Å². The normalized spacial score (nSPS) is 14.6. The Balaban J connectivity index is 1.64. The smallest absolute Gasteiger partial charge is 0.320 e. The molecule has 2 aromatic heterocycles. The first-order chi connectivity index (χ1) is 10.3. The van der Waals surface area contributed by atoms with Gasteiger partial charge in [0.05, 0.1) is 26.0 Å². The van der Waals surface area contributed by atoms with E-state index in [-0.39, 0.29) is 12.5 Å². The summed E-state index contributed by atoms with van der Waals surface area (Å²) < 4.78 is 15.4. The summed E-state index contributed by atoms with van der Waals surface area (Å²) in [4.78, 5) is 17.9. The second kappa shape index (κ2) is 6.09. The zero-order valence-corrected chi connectivity index (χ0v) is 11.8. The fourth-order valence-electron chi connectivity index (χ4n) is 2.13. The summed E-state index contributed by atoms with van der Waals surface area (Å²) in [5.74, 6) is 1.20. The standard InChI is InChI=1S/C14H17N3O4/c1-2-19-13(18)9-17(10-5-6-10)8-12-15-14(21-16-12)11-4-3-7-20-11/h3-4,7,10H,2,5-6,8-9H2,1H3. The first-order valence-electron chi connectivity index (χ1n) is 7.02. The van der Waals surface area contributed by atoms with Crippen molar-refractivity contribution in [2.45, 2.75) is 32.4 Å². The highest BCUT2D eigenvalue weighted by molar-refractivity contribution is 5.71. The third kappa shape index (κ3) is 3.49. The van der Waals surface area contributed by atoms with E-state index in [0.29, 0.717) is 36.7 Å². The molecule has 2 heterocycles. The van der Waals surface area contributed by atoms with Crippen LogP contribution in [0.4, 0.5) is 0 Å². The minimum Gasteiger partial charge on any atom is -0.465 e. The van der Waals surface area contributed by atoms with Gasteiger partial charge in [-0.3, -0.25) is 9.69 Å². The molecule has 2 aromatic rings. The van der Waals surface area contributed by atoms with Crippen molar-refractivity contribution in [3.63, 3.8) is 0 Å². The van der Waals surface area contributed by atoms with Gasteiger partial charge in [0.2, 0.25) is 0 Å². The van der Waals surface area contributed by atoms with E-state index in [4.69, 9.17) is 13.7 Å². The van der Waals surface area contributed by atoms with Crippen LogP contribution in [0.5, 0.6) is 0 Å². The predicted molar refractivity (Wildman–Crippen MR) is 72.1 cm³/mol. The molecular weight excluding hydrogens is 274 g/mol. The zero-order valence-electron chi connectivity index (χ0n) is 11.8. The van der Waals surface area contributed by atoms with Gasteiger partial charge in [0.25, 0.3) is 5.89 Å². The van der Waals surface area contributed by atoms with E-state index >= 15 is 0 Å². The van der Waals surface area contributed by atoms with E-state index < -0.39 is 0 Å². The van der Waals surface area contributed by atoms with Crippen LogP contribution < -0.4 is 0 Å². The number of esters is 1. The van der Waals surface area contributed by atoms with Crippen molar-refractivity contribution in [2.75, 3.05) is 13.2 Å². The van der Waals surface area contributed by atoms with Gasteiger partial charge in [-0.05, 0) is 31.9 Å². The maximum Gasteiger partial charge on any atom is 0.320 e. The summed E-state index contributed by atoms with van der Waals surface area (Å²) >= 11 is 0. The Labute approximate surface area is 121 Å². The summed E-state index contributed by atoms with van der Waals surface area (Å²) in [7, 11) is 0. The number of carbonyl (C=O) groups excluding carboxylic acids is 1. The number of furan rings is 1. The lowest BCUT2D eigenvalue weighted by Crippen LogP contribution is -2.32. The third-order valence-corrected chi connectivity index (χ3v) is 3.25. The molecule has 0 aliphatic heterocycles. The molecule has 0 spiro atoms. The summed E-state index contributed by atoms with van der Waals surface area (Å²) in [5.41, 5.74) is 0. The molecule has 7 heteroatoms. The molecule has 1 aliphatic carbocycles. The first kappa shape index (κ1) is 13.8. The average molecular weight is 291 g/mol. The van der Waals surface area contributed by atoms with Crippen molar-refractivity contribution in [3.8, 4) is 11.7 Å². The van der Waals surface area contributed by atoms with Crippen LogP contribution >= 0.6 is 0 Å². The molecule has 0 amide bonds. The highest BCUT2D eigenvalue weighted by Gasteiger charge is 2.31. The van der Waals surface area contributed by atoms with Gasteiger partial charge < -0.3 is 13.7 Å². The minimum atomic E-state index is -0.223. The maximum absolute atomic E-state index is 11.6. The van der Waals surface area contributed by atoms with E-state index in [0.717, 1.165) is 12.8 Å². The van der Waals surface area contributed by atoms with Crippen LogP contribution in [-0.2, 0) is 16.1 Å². The number of hydrogen-bond donors (Lipinski definition) is 0. The van der Waals surface area contributed by atoms with Crippen molar-refractivity contribution in [1.82, 2.24) is 15.0 Å². The Kier molecular flexibility index (Phi) is 4.01. The lowest BCUT2D eigenvalue weighted by molar-refractivity contribution is -0.144. The van der Waals surface area contributed by atoms with Gasteiger partial charge in [0, 0.05) is 6.04 Å². The number of rotatable bonds is 7. The molecule has 0 atom stereocenters. The Morgan fingerprint density at radius 1 is 1.52 bits per heavy atom. The Hall–Kier alpha value is -2.15.